The highest BCUT2D eigenvalue weighted by Gasteiger charge is 2.19. The van der Waals surface area contributed by atoms with Crippen LogP contribution in [0, 0.1) is 0 Å². The van der Waals surface area contributed by atoms with Crippen molar-refractivity contribution in [2.45, 2.75) is 316 Å². The highest BCUT2D eigenvalue weighted by molar-refractivity contribution is 5.71. The van der Waals surface area contributed by atoms with Gasteiger partial charge >= 0.3 is 17.9 Å². The minimum atomic E-state index is -0.789. The highest BCUT2D eigenvalue weighted by Crippen LogP contribution is 2.16. The lowest BCUT2D eigenvalue weighted by molar-refractivity contribution is -0.167. The van der Waals surface area contributed by atoms with Crippen LogP contribution in [-0.4, -0.2) is 37.2 Å². The van der Waals surface area contributed by atoms with Crippen molar-refractivity contribution in [1.29, 1.82) is 0 Å². The summed E-state index contributed by atoms with van der Waals surface area (Å²) in [5, 5.41) is 0. The van der Waals surface area contributed by atoms with E-state index in [1.807, 2.05) is 0 Å². The number of carbonyl (C=O) groups excluding carboxylic acids is 3. The molecule has 0 aliphatic carbocycles. The van der Waals surface area contributed by atoms with Gasteiger partial charge in [0.1, 0.15) is 13.2 Å². The molecule has 1 unspecified atom stereocenters. The van der Waals surface area contributed by atoms with Crippen molar-refractivity contribution in [2.24, 2.45) is 0 Å². The molecule has 0 saturated heterocycles. The van der Waals surface area contributed by atoms with Crippen LogP contribution in [0.25, 0.3) is 0 Å². The Morgan fingerprint density at radius 3 is 0.829 bits per heavy atom. The number of hydrogen-bond donors (Lipinski definition) is 0. The van der Waals surface area contributed by atoms with E-state index >= 15 is 0 Å². The fourth-order valence-corrected chi connectivity index (χ4v) is 9.01. The smallest absolute Gasteiger partial charge is 0.306 e. The maximum absolute atomic E-state index is 12.9. The monoisotopic (exact) mass is 1060 g/mol. The number of allylic oxidation sites excluding steroid dienone is 16. The van der Waals surface area contributed by atoms with E-state index in [1.165, 1.54) is 148 Å². The van der Waals surface area contributed by atoms with Crippen LogP contribution in [0.1, 0.15) is 310 Å². The summed E-state index contributed by atoms with van der Waals surface area (Å²) in [5.74, 6) is -0.894. The van der Waals surface area contributed by atoms with Crippen LogP contribution < -0.4 is 0 Å². The summed E-state index contributed by atoms with van der Waals surface area (Å²) in [6, 6.07) is 0. The van der Waals surface area contributed by atoms with Gasteiger partial charge in [-0.25, -0.2) is 0 Å². The van der Waals surface area contributed by atoms with Crippen LogP contribution in [0.3, 0.4) is 0 Å². The zero-order chi connectivity index (χ0) is 55.0. The Morgan fingerprint density at radius 1 is 0.276 bits per heavy atom. The zero-order valence-electron chi connectivity index (χ0n) is 50.0. The molecule has 0 aromatic rings. The Hall–Kier alpha value is -3.67. The van der Waals surface area contributed by atoms with E-state index in [1.54, 1.807) is 0 Å². The Labute approximate surface area is 470 Å². The quantitative estimate of drug-likeness (QED) is 0.0261. The number of esters is 3. The van der Waals surface area contributed by atoms with E-state index < -0.39 is 6.10 Å². The van der Waals surface area contributed by atoms with Gasteiger partial charge in [0.05, 0.1) is 0 Å². The molecule has 0 saturated carbocycles. The Morgan fingerprint density at radius 2 is 0.513 bits per heavy atom. The van der Waals surface area contributed by atoms with Gasteiger partial charge in [-0.2, -0.15) is 0 Å². The van der Waals surface area contributed by atoms with Crippen molar-refractivity contribution in [3.63, 3.8) is 0 Å². The highest BCUT2D eigenvalue weighted by atomic mass is 16.6. The van der Waals surface area contributed by atoms with Crippen molar-refractivity contribution < 1.29 is 28.6 Å². The summed E-state index contributed by atoms with van der Waals surface area (Å²) in [6.45, 7) is 6.51. The van der Waals surface area contributed by atoms with Crippen LogP contribution in [0.2, 0.25) is 0 Å². The lowest BCUT2D eigenvalue weighted by Crippen LogP contribution is -2.30. The van der Waals surface area contributed by atoms with Crippen LogP contribution in [0.5, 0.6) is 0 Å². The second kappa shape index (κ2) is 63.9. The number of rotatable bonds is 58. The fourth-order valence-electron chi connectivity index (χ4n) is 9.01. The molecule has 6 heteroatoms. The largest absolute Gasteiger partial charge is 0.462 e. The molecule has 0 aliphatic rings. The molecule has 0 heterocycles. The third-order valence-electron chi connectivity index (χ3n) is 13.8. The zero-order valence-corrected chi connectivity index (χ0v) is 50.0. The third kappa shape index (κ3) is 61.2. The molecule has 0 N–H and O–H groups in total. The maximum atomic E-state index is 12.9. The predicted octanol–water partition coefficient (Wildman–Crippen LogP) is 22.0. The van der Waals surface area contributed by atoms with Crippen molar-refractivity contribution in [1.82, 2.24) is 0 Å². The topological polar surface area (TPSA) is 78.9 Å². The van der Waals surface area contributed by atoms with Crippen molar-refractivity contribution in [2.75, 3.05) is 13.2 Å². The summed E-state index contributed by atoms with van der Waals surface area (Å²) in [6.07, 6.45) is 85.4. The van der Waals surface area contributed by atoms with E-state index in [9.17, 15) is 14.4 Å². The van der Waals surface area contributed by atoms with E-state index in [0.29, 0.717) is 19.3 Å². The molecule has 76 heavy (non-hydrogen) atoms. The maximum Gasteiger partial charge on any atom is 0.306 e. The van der Waals surface area contributed by atoms with Crippen molar-refractivity contribution >= 4 is 17.9 Å². The Bertz CT molecular complexity index is 1490. The van der Waals surface area contributed by atoms with Gasteiger partial charge in [-0.3, -0.25) is 14.4 Å². The predicted molar refractivity (Wildman–Crippen MR) is 330 cm³/mol. The molecule has 0 spiro atoms. The molecule has 436 valence electrons. The first kappa shape index (κ1) is 72.3. The normalized spacial score (nSPS) is 12.7. The number of unbranched alkanes of at least 4 members (excludes halogenated alkanes) is 31. The average molecular weight is 1060 g/mol. The first-order valence-electron chi connectivity index (χ1n) is 32.2. The second-order valence-corrected chi connectivity index (χ2v) is 21.3. The van der Waals surface area contributed by atoms with Gasteiger partial charge in [0, 0.05) is 19.3 Å². The van der Waals surface area contributed by atoms with Crippen molar-refractivity contribution in [3.8, 4) is 0 Å². The average Bonchev–Trinajstić information content (AvgIpc) is 3.42. The molecular weight excluding hydrogens is 937 g/mol. The standard InChI is InChI=1S/C70H120O6/c1-4-7-10-13-16-19-22-25-28-31-32-33-34-35-36-37-38-40-42-45-48-51-54-57-60-63-69(72)75-66-67(65-74-68(71)62-59-56-53-50-47-44-41-30-27-24-21-18-15-12-9-6-3)76-70(73)64-61-58-55-52-49-46-43-39-29-26-23-20-17-14-11-8-5-2/h7,10,16-17,19-20,25-26,28-29,32-33,35-36,38,40,67H,4-6,8-9,11-15,18,21-24,27,30-31,34,37,39,41-66H2,1-3H3/b10-7-,19-16-,20-17-,28-25-,29-26-,33-32-,36-35-,40-38-. The van der Waals surface area contributed by atoms with Gasteiger partial charge in [0.2, 0.25) is 0 Å². The van der Waals surface area contributed by atoms with Gasteiger partial charge in [0.15, 0.2) is 6.10 Å². The van der Waals surface area contributed by atoms with Gasteiger partial charge in [-0.1, -0.05) is 285 Å². The molecule has 0 radical (unpaired) electrons. The number of ether oxygens (including phenoxy) is 3. The first-order chi connectivity index (χ1) is 37.5. The molecule has 1 atom stereocenters. The summed E-state index contributed by atoms with van der Waals surface area (Å²) in [4.78, 5) is 38.3. The molecule has 0 bridgehead atoms. The van der Waals surface area contributed by atoms with Gasteiger partial charge in [-0.05, 0) is 103 Å². The Balaban J connectivity index is 4.39. The Kier molecular flexibility index (Phi) is 60.8. The number of carbonyl (C=O) groups is 3. The molecular formula is C70H120O6. The second-order valence-electron chi connectivity index (χ2n) is 21.3. The molecule has 0 aromatic carbocycles. The van der Waals surface area contributed by atoms with Crippen molar-refractivity contribution in [3.05, 3.63) is 97.2 Å². The summed E-state index contributed by atoms with van der Waals surface area (Å²) in [7, 11) is 0. The van der Waals surface area contributed by atoms with E-state index in [0.717, 1.165) is 122 Å². The van der Waals surface area contributed by atoms with Gasteiger partial charge < -0.3 is 14.2 Å². The lowest BCUT2D eigenvalue weighted by atomic mass is 10.0. The third-order valence-corrected chi connectivity index (χ3v) is 13.8. The molecule has 0 amide bonds. The molecule has 6 nitrogen and oxygen atoms in total. The van der Waals surface area contributed by atoms with Crippen LogP contribution in [-0.2, 0) is 28.6 Å². The van der Waals surface area contributed by atoms with Crippen LogP contribution in [0.15, 0.2) is 97.2 Å². The molecule has 0 rings (SSSR count). The SMILES string of the molecule is CC/C=C\C/C=C\C/C=C\C/C=C\C/C=C\C/C=C\CCCCCCCCC(=O)OCC(COC(=O)CCCCCCCCCCCCCCCCCC)OC(=O)CCCCCCCCC/C=C\C/C=C\CCCCC. The summed E-state index contributed by atoms with van der Waals surface area (Å²) >= 11 is 0. The summed E-state index contributed by atoms with van der Waals surface area (Å²) < 4.78 is 16.9. The lowest BCUT2D eigenvalue weighted by Gasteiger charge is -2.18. The van der Waals surface area contributed by atoms with Crippen LogP contribution in [0.4, 0.5) is 0 Å². The molecule has 0 aliphatic heterocycles. The molecule has 0 aromatic heterocycles. The van der Waals surface area contributed by atoms with E-state index in [2.05, 4.69) is 118 Å². The number of hydrogen-bond acceptors (Lipinski definition) is 6. The minimum absolute atomic E-state index is 0.0831. The van der Waals surface area contributed by atoms with E-state index in [4.69, 9.17) is 14.2 Å². The molecule has 0 fully saturated rings. The van der Waals surface area contributed by atoms with Crippen LogP contribution >= 0.6 is 0 Å². The summed E-state index contributed by atoms with van der Waals surface area (Å²) in [5.41, 5.74) is 0. The fraction of sp³-hybridized carbons (Fsp3) is 0.729. The van der Waals surface area contributed by atoms with E-state index in [-0.39, 0.29) is 31.1 Å². The van der Waals surface area contributed by atoms with Gasteiger partial charge in [-0.15, -0.1) is 0 Å². The van der Waals surface area contributed by atoms with Gasteiger partial charge in [0.25, 0.3) is 0 Å². The first-order valence-corrected chi connectivity index (χ1v) is 32.2. The minimum Gasteiger partial charge on any atom is -0.462 e.